The van der Waals surface area contributed by atoms with Crippen molar-refractivity contribution in [1.82, 2.24) is 19.5 Å². The lowest BCUT2D eigenvalue weighted by molar-refractivity contribution is -0.138. The maximum Gasteiger partial charge on any atom is 0.323 e. The van der Waals surface area contributed by atoms with Crippen LogP contribution in [0.1, 0.15) is 24.2 Å². The van der Waals surface area contributed by atoms with Gasteiger partial charge in [0.25, 0.3) is 5.91 Å². The summed E-state index contributed by atoms with van der Waals surface area (Å²) in [6.07, 6.45) is 6.14. The van der Waals surface area contributed by atoms with Gasteiger partial charge in [0, 0.05) is 18.4 Å². The van der Waals surface area contributed by atoms with Crippen molar-refractivity contribution in [2.24, 2.45) is 0 Å². The molecule has 0 fully saturated rings. The van der Waals surface area contributed by atoms with Gasteiger partial charge in [0.1, 0.15) is 6.54 Å². The van der Waals surface area contributed by atoms with E-state index in [1.54, 1.807) is 26.2 Å². The Balaban J connectivity index is 2.39. The zero-order chi connectivity index (χ0) is 14.0. The number of fused-ring (bicyclic) bond motifs is 1. The third-order valence-corrected chi connectivity index (χ3v) is 2.74. The van der Waals surface area contributed by atoms with Gasteiger partial charge in [0.2, 0.25) is 0 Å². The predicted octanol–water partition coefficient (Wildman–Crippen LogP) is 0.664. The summed E-state index contributed by atoms with van der Waals surface area (Å²) in [7, 11) is 0. The zero-order valence-corrected chi connectivity index (χ0v) is 10.6. The predicted molar refractivity (Wildman–Crippen MR) is 66.8 cm³/mol. The van der Waals surface area contributed by atoms with Crippen LogP contribution in [-0.4, -0.2) is 49.1 Å². The maximum absolute atomic E-state index is 12.4. The monoisotopic (exact) mass is 262 g/mol. The van der Waals surface area contributed by atoms with Crippen molar-refractivity contribution < 1.29 is 14.7 Å². The van der Waals surface area contributed by atoms with E-state index in [1.807, 2.05) is 0 Å². The fourth-order valence-corrected chi connectivity index (χ4v) is 1.79. The van der Waals surface area contributed by atoms with Crippen LogP contribution < -0.4 is 0 Å². The second kappa shape index (κ2) is 5.05. The molecule has 2 aromatic rings. The van der Waals surface area contributed by atoms with E-state index in [0.29, 0.717) is 11.1 Å². The van der Waals surface area contributed by atoms with Crippen LogP contribution in [0.2, 0.25) is 0 Å². The van der Waals surface area contributed by atoms with E-state index in [4.69, 9.17) is 5.11 Å². The van der Waals surface area contributed by atoms with Gasteiger partial charge in [-0.05, 0) is 13.8 Å². The van der Waals surface area contributed by atoms with Crippen molar-refractivity contribution in [2.75, 3.05) is 6.54 Å². The van der Waals surface area contributed by atoms with E-state index in [9.17, 15) is 9.59 Å². The average molecular weight is 262 g/mol. The minimum Gasteiger partial charge on any atom is -0.480 e. The summed E-state index contributed by atoms with van der Waals surface area (Å²) in [5.41, 5.74) is 0.909. The molecule has 0 aromatic carbocycles. The summed E-state index contributed by atoms with van der Waals surface area (Å²) in [6.45, 7) is 3.20. The normalized spacial score (nSPS) is 10.9. The first-order valence-corrected chi connectivity index (χ1v) is 5.81. The first kappa shape index (κ1) is 13.0. The standard InChI is InChI=1S/C12H14N4O3/c1-8(2)15(7-11(17)18)12(19)9-5-14-16-4-3-13-6-10(9)16/h3-6,8H,7H2,1-2H3,(H,17,18). The summed E-state index contributed by atoms with van der Waals surface area (Å²) in [5.74, 6) is -1.41. The minimum atomic E-state index is -1.04. The van der Waals surface area contributed by atoms with Gasteiger partial charge in [-0.2, -0.15) is 5.10 Å². The molecule has 0 spiro atoms. The molecular weight excluding hydrogens is 248 g/mol. The van der Waals surface area contributed by atoms with Gasteiger partial charge < -0.3 is 10.0 Å². The van der Waals surface area contributed by atoms with Gasteiger partial charge in [-0.1, -0.05) is 0 Å². The van der Waals surface area contributed by atoms with Crippen LogP contribution in [0.3, 0.4) is 0 Å². The van der Waals surface area contributed by atoms with Gasteiger partial charge in [-0.3, -0.25) is 14.6 Å². The molecule has 100 valence electrons. The second-order valence-corrected chi connectivity index (χ2v) is 4.38. The number of nitrogens with zero attached hydrogens (tertiary/aromatic N) is 4. The van der Waals surface area contributed by atoms with Gasteiger partial charge >= 0.3 is 5.97 Å². The van der Waals surface area contributed by atoms with Crippen LogP contribution in [0.15, 0.2) is 24.8 Å². The highest BCUT2D eigenvalue weighted by Gasteiger charge is 2.24. The molecule has 1 amide bonds. The molecule has 7 nitrogen and oxygen atoms in total. The molecule has 0 aliphatic heterocycles. The Morgan fingerprint density at radius 1 is 1.42 bits per heavy atom. The minimum absolute atomic E-state index is 0.213. The highest BCUT2D eigenvalue weighted by atomic mass is 16.4. The molecule has 0 saturated heterocycles. The highest BCUT2D eigenvalue weighted by Crippen LogP contribution is 2.13. The second-order valence-electron chi connectivity index (χ2n) is 4.38. The highest BCUT2D eigenvalue weighted by molar-refractivity contribution is 6.01. The number of carboxylic acid groups (broad SMARTS) is 1. The molecule has 0 aliphatic carbocycles. The number of hydrogen-bond donors (Lipinski definition) is 1. The molecular formula is C12H14N4O3. The molecule has 0 aliphatic rings. The van der Waals surface area contributed by atoms with Gasteiger partial charge in [-0.15, -0.1) is 0 Å². The van der Waals surface area contributed by atoms with E-state index >= 15 is 0 Å². The third kappa shape index (κ3) is 2.54. The topological polar surface area (TPSA) is 87.8 Å². The van der Waals surface area contributed by atoms with Crippen LogP contribution in [-0.2, 0) is 4.79 Å². The van der Waals surface area contributed by atoms with Crippen molar-refractivity contribution in [1.29, 1.82) is 0 Å². The largest absolute Gasteiger partial charge is 0.480 e. The molecule has 0 radical (unpaired) electrons. The molecule has 2 rings (SSSR count). The van der Waals surface area contributed by atoms with Gasteiger partial charge in [0.05, 0.1) is 23.5 Å². The van der Waals surface area contributed by atoms with E-state index in [2.05, 4.69) is 10.1 Å². The Morgan fingerprint density at radius 2 is 2.16 bits per heavy atom. The Labute approximate surface area is 109 Å². The van der Waals surface area contributed by atoms with Crippen LogP contribution in [0.25, 0.3) is 5.52 Å². The number of carbonyl (C=O) groups excluding carboxylic acids is 1. The van der Waals surface area contributed by atoms with Crippen LogP contribution >= 0.6 is 0 Å². The number of hydrogen-bond acceptors (Lipinski definition) is 4. The number of amides is 1. The number of carbonyl (C=O) groups is 2. The van der Waals surface area contributed by atoms with E-state index < -0.39 is 5.97 Å². The van der Waals surface area contributed by atoms with E-state index in [-0.39, 0.29) is 18.5 Å². The molecule has 1 N–H and O–H groups in total. The lowest BCUT2D eigenvalue weighted by Gasteiger charge is -2.24. The fraction of sp³-hybridized carbons (Fsp3) is 0.333. The van der Waals surface area contributed by atoms with E-state index in [0.717, 1.165) is 0 Å². The summed E-state index contributed by atoms with van der Waals surface area (Å²) in [6, 6.07) is -0.213. The summed E-state index contributed by atoms with van der Waals surface area (Å²) < 4.78 is 1.53. The number of aliphatic carboxylic acids is 1. The van der Waals surface area contributed by atoms with Crippen molar-refractivity contribution in [2.45, 2.75) is 19.9 Å². The molecule has 0 bridgehead atoms. The molecule has 2 aromatic heterocycles. The van der Waals surface area contributed by atoms with Crippen molar-refractivity contribution in [3.8, 4) is 0 Å². The molecule has 19 heavy (non-hydrogen) atoms. The zero-order valence-electron chi connectivity index (χ0n) is 10.6. The van der Waals surface area contributed by atoms with Crippen molar-refractivity contribution >= 4 is 17.4 Å². The van der Waals surface area contributed by atoms with Crippen molar-refractivity contribution in [3.05, 3.63) is 30.4 Å². The molecule has 0 unspecified atom stereocenters. The Bertz CT molecular complexity index is 620. The number of rotatable bonds is 4. The van der Waals surface area contributed by atoms with Crippen LogP contribution in [0.4, 0.5) is 0 Å². The summed E-state index contributed by atoms with van der Waals surface area (Å²) >= 11 is 0. The van der Waals surface area contributed by atoms with Crippen molar-refractivity contribution in [3.63, 3.8) is 0 Å². The SMILES string of the molecule is CC(C)N(CC(=O)O)C(=O)c1cnn2ccncc12. The lowest BCUT2D eigenvalue weighted by Crippen LogP contribution is -2.40. The molecule has 2 heterocycles. The van der Waals surface area contributed by atoms with Crippen LogP contribution in [0, 0.1) is 0 Å². The van der Waals surface area contributed by atoms with E-state index in [1.165, 1.54) is 21.8 Å². The van der Waals surface area contributed by atoms with Gasteiger partial charge in [0.15, 0.2) is 0 Å². The average Bonchev–Trinajstić information content (AvgIpc) is 2.78. The summed E-state index contributed by atoms with van der Waals surface area (Å²) in [5, 5.41) is 12.9. The third-order valence-electron chi connectivity index (χ3n) is 2.74. The molecule has 0 saturated carbocycles. The fourth-order valence-electron chi connectivity index (χ4n) is 1.79. The quantitative estimate of drug-likeness (QED) is 0.874. The first-order valence-electron chi connectivity index (χ1n) is 5.81. The maximum atomic E-state index is 12.4. The summed E-state index contributed by atoms with van der Waals surface area (Å²) in [4.78, 5) is 28.4. The Hall–Kier alpha value is -2.44. The number of carboxylic acids is 1. The van der Waals surface area contributed by atoms with Crippen LogP contribution in [0.5, 0.6) is 0 Å². The smallest absolute Gasteiger partial charge is 0.323 e. The first-order chi connectivity index (χ1) is 9.00. The number of aromatic nitrogens is 3. The lowest BCUT2D eigenvalue weighted by atomic mass is 10.2. The molecule has 0 atom stereocenters. The Kier molecular flexibility index (Phi) is 3.46. The molecule has 7 heteroatoms. The Morgan fingerprint density at radius 3 is 2.79 bits per heavy atom. The van der Waals surface area contributed by atoms with Gasteiger partial charge in [-0.25, -0.2) is 4.52 Å².